The van der Waals surface area contributed by atoms with Crippen molar-refractivity contribution in [1.82, 2.24) is 9.80 Å². The number of urea groups is 1. The van der Waals surface area contributed by atoms with Crippen LogP contribution < -0.4 is 4.74 Å². The first-order valence-electron chi connectivity index (χ1n) is 9.21. The van der Waals surface area contributed by atoms with Crippen LogP contribution in [-0.2, 0) is 10.3 Å². The molecule has 0 aromatic heterocycles. The average molecular weight is 380 g/mol. The van der Waals surface area contributed by atoms with E-state index in [2.05, 4.69) is 0 Å². The van der Waals surface area contributed by atoms with Crippen molar-refractivity contribution in [2.75, 3.05) is 13.6 Å². The highest BCUT2D eigenvalue weighted by molar-refractivity contribution is 6.11. The fraction of sp³-hybridized carbons (Fsp3) is 0.318. The van der Waals surface area contributed by atoms with Crippen LogP contribution in [0.2, 0.25) is 0 Å². The second-order valence-electron chi connectivity index (χ2n) is 7.26. The Morgan fingerprint density at radius 1 is 1.04 bits per heavy atom. The van der Waals surface area contributed by atoms with Gasteiger partial charge in [0.15, 0.2) is 5.78 Å². The van der Waals surface area contributed by atoms with Gasteiger partial charge < -0.3 is 9.64 Å². The third kappa shape index (κ3) is 3.26. The van der Waals surface area contributed by atoms with Gasteiger partial charge in [0.2, 0.25) is 0 Å². The van der Waals surface area contributed by atoms with E-state index < -0.39 is 17.5 Å². The number of para-hydroxylation sites is 1. The zero-order chi connectivity index (χ0) is 20.5. The largest absolute Gasteiger partial charge is 0.491 e. The summed E-state index contributed by atoms with van der Waals surface area (Å²) < 4.78 is 5.86. The normalized spacial score (nSPS) is 19.5. The lowest BCUT2D eigenvalue weighted by molar-refractivity contribution is -0.132. The Kier molecular flexibility index (Phi) is 5.23. The molecule has 6 heteroatoms. The summed E-state index contributed by atoms with van der Waals surface area (Å²) in [4.78, 5) is 41.1. The van der Waals surface area contributed by atoms with Crippen molar-refractivity contribution < 1.29 is 19.1 Å². The van der Waals surface area contributed by atoms with Crippen LogP contribution in [0.1, 0.15) is 36.7 Å². The lowest BCUT2D eigenvalue weighted by Crippen LogP contribution is -2.42. The number of Topliss-reactive ketones (excluding diaryl/α,β-unsaturated/α-hetero) is 1. The standard InChI is InChI=1S/C22H24N2O4/c1-15(2)28-19-13-9-8-12-17(19)22(3)20(26)24(21(27)23(22)4)14-18(25)16-10-6-5-7-11-16/h5-13,15H,14H2,1-4H3. The SMILES string of the molecule is CC(C)Oc1ccccc1C1(C)C(=O)N(CC(=O)c2ccccc2)C(=O)N1C. The number of amides is 3. The van der Waals surface area contributed by atoms with Crippen molar-refractivity contribution in [2.24, 2.45) is 0 Å². The van der Waals surface area contributed by atoms with Crippen molar-refractivity contribution in [1.29, 1.82) is 0 Å². The molecule has 1 aliphatic rings. The fourth-order valence-corrected chi connectivity index (χ4v) is 3.39. The summed E-state index contributed by atoms with van der Waals surface area (Å²) in [5, 5.41) is 0. The Hall–Kier alpha value is -3.15. The first kappa shape index (κ1) is 19.6. The highest BCUT2D eigenvalue weighted by Crippen LogP contribution is 2.40. The Morgan fingerprint density at radius 3 is 2.29 bits per heavy atom. The molecule has 0 spiro atoms. The summed E-state index contributed by atoms with van der Waals surface area (Å²) >= 11 is 0. The molecular weight excluding hydrogens is 356 g/mol. The summed E-state index contributed by atoms with van der Waals surface area (Å²) in [6, 6.07) is 15.3. The number of benzene rings is 2. The van der Waals surface area contributed by atoms with Gasteiger partial charge in [0.1, 0.15) is 11.3 Å². The van der Waals surface area contributed by atoms with Crippen LogP contribution in [0.3, 0.4) is 0 Å². The minimum Gasteiger partial charge on any atom is -0.491 e. The predicted molar refractivity (Wildman–Crippen MR) is 105 cm³/mol. The molecule has 0 saturated carbocycles. The molecule has 0 bridgehead atoms. The molecule has 1 aliphatic heterocycles. The van der Waals surface area contributed by atoms with E-state index in [1.54, 1.807) is 62.5 Å². The Bertz CT molecular complexity index is 910. The number of carbonyl (C=O) groups excluding carboxylic acids is 3. The van der Waals surface area contributed by atoms with Gasteiger partial charge in [-0.15, -0.1) is 0 Å². The molecule has 1 unspecified atom stereocenters. The van der Waals surface area contributed by atoms with E-state index in [0.717, 1.165) is 4.90 Å². The molecule has 6 nitrogen and oxygen atoms in total. The number of imide groups is 1. The van der Waals surface area contributed by atoms with Crippen LogP contribution in [0.5, 0.6) is 5.75 Å². The van der Waals surface area contributed by atoms with Crippen molar-refractivity contribution in [3.8, 4) is 5.75 Å². The number of hydrogen-bond acceptors (Lipinski definition) is 4. The maximum Gasteiger partial charge on any atom is 0.328 e. The van der Waals surface area contributed by atoms with Gasteiger partial charge in [-0.1, -0.05) is 48.5 Å². The van der Waals surface area contributed by atoms with E-state index in [1.807, 2.05) is 19.9 Å². The fourth-order valence-electron chi connectivity index (χ4n) is 3.39. The predicted octanol–water partition coefficient (Wildman–Crippen LogP) is 3.47. The van der Waals surface area contributed by atoms with Crippen molar-refractivity contribution in [3.63, 3.8) is 0 Å². The van der Waals surface area contributed by atoms with Gasteiger partial charge in [-0.3, -0.25) is 14.5 Å². The molecule has 2 aromatic carbocycles. The van der Waals surface area contributed by atoms with E-state index in [-0.39, 0.29) is 18.4 Å². The number of carbonyl (C=O) groups is 3. The second-order valence-corrected chi connectivity index (χ2v) is 7.26. The molecule has 0 aliphatic carbocycles. The molecule has 1 fully saturated rings. The molecule has 1 saturated heterocycles. The third-order valence-electron chi connectivity index (χ3n) is 5.02. The van der Waals surface area contributed by atoms with Gasteiger partial charge in [-0.25, -0.2) is 4.79 Å². The maximum atomic E-state index is 13.3. The molecule has 3 rings (SSSR count). The zero-order valence-electron chi connectivity index (χ0n) is 16.5. The van der Waals surface area contributed by atoms with E-state index >= 15 is 0 Å². The monoisotopic (exact) mass is 380 g/mol. The van der Waals surface area contributed by atoms with Crippen molar-refractivity contribution in [3.05, 3.63) is 65.7 Å². The summed E-state index contributed by atoms with van der Waals surface area (Å²) in [5.74, 6) is -0.181. The van der Waals surface area contributed by atoms with Crippen LogP contribution in [0, 0.1) is 0 Å². The molecule has 28 heavy (non-hydrogen) atoms. The summed E-state index contributed by atoms with van der Waals surface area (Å²) in [6.07, 6.45) is -0.0852. The average Bonchev–Trinajstić information content (AvgIpc) is 2.84. The van der Waals surface area contributed by atoms with Crippen molar-refractivity contribution >= 4 is 17.7 Å². The van der Waals surface area contributed by atoms with Crippen LogP contribution in [0.25, 0.3) is 0 Å². The highest BCUT2D eigenvalue weighted by Gasteiger charge is 2.55. The van der Waals surface area contributed by atoms with E-state index in [1.165, 1.54) is 4.90 Å². The molecule has 0 N–H and O–H groups in total. The second kappa shape index (κ2) is 7.46. The van der Waals surface area contributed by atoms with E-state index in [4.69, 9.17) is 4.74 Å². The smallest absolute Gasteiger partial charge is 0.328 e. The zero-order valence-corrected chi connectivity index (χ0v) is 16.5. The first-order valence-corrected chi connectivity index (χ1v) is 9.21. The summed E-state index contributed by atoms with van der Waals surface area (Å²) in [5.41, 5.74) is -0.193. The van der Waals surface area contributed by atoms with E-state index in [9.17, 15) is 14.4 Å². The lowest BCUT2D eigenvalue weighted by Gasteiger charge is -2.31. The Balaban J connectivity index is 1.95. The molecule has 146 valence electrons. The molecular formula is C22H24N2O4. The van der Waals surface area contributed by atoms with Gasteiger partial charge in [-0.05, 0) is 26.8 Å². The first-order chi connectivity index (χ1) is 13.3. The lowest BCUT2D eigenvalue weighted by atomic mass is 9.89. The quantitative estimate of drug-likeness (QED) is 0.569. The van der Waals surface area contributed by atoms with Crippen LogP contribution in [0.4, 0.5) is 4.79 Å². The van der Waals surface area contributed by atoms with Crippen molar-refractivity contribution in [2.45, 2.75) is 32.4 Å². The number of ketones is 1. The van der Waals surface area contributed by atoms with Crippen LogP contribution in [-0.4, -0.2) is 47.2 Å². The molecule has 1 heterocycles. The summed E-state index contributed by atoms with van der Waals surface area (Å²) in [7, 11) is 1.57. The third-order valence-corrected chi connectivity index (χ3v) is 5.02. The number of likely N-dealkylation sites (N-methyl/N-ethyl adjacent to an activating group) is 1. The van der Waals surface area contributed by atoms with Gasteiger partial charge in [0.25, 0.3) is 5.91 Å². The molecule has 2 aromatic rings. The van der Waals surface area contributed by atoms with Gasteiger partial charge in [0.05, 0.1) is 12.6 Å². The number of rotatable bonds is 6. The maximum absolute atomic E-state index is 13.3. The van der Waals surface area contributed by atoms with Crippen LogP contribution >= 0.6 is 0 Å². The Morgan fingerprint density at radius 2 is 1.64 bits per heavy atom. The molecule has 0 radical (unpaired) electrons. The topological polar surface area (TPSA) is 66.9 Å². The molecule has 3 amide bonds. The van der Waals surface area contributed by atoms with Gasteiger partial charge in [0, 0.05) is 18.2 Å². The number of hydrogen-bond donors (Lipinski definition) is 0. The highest BCUT2D eigenvalue weighted by atomic mass is 16.5. The summed E-state index contributed by atoms with van der Waals surface area (Å²) in [6.45, 7) is 5.18. The number of ether oxygens (including phenoxy) is 1. The molecule has 1 atom stereocenters. The Labute approximate surface area is 164 Å². The minimum absolute atomic E-state index is 0.0852. The van der Waals surface area contributed by atoms with Gasteiger partial charge in [-0.2, -0.15) is 0 Å². The number of nitrogens with zero attached hydrogens (tertiary/aromatic N) is 2. The minimum atomic E-state index is -1.25. The van der Waals surface area contributed by atoms with Gasteiger partial charge >= 0.3 is 6.03 Å². The van der Waals surface area contributed by atoms with E-state index in [0.29, 0.717) is 16.9 Å². The van der Waals surface area contributed by atoms with Crippen LogP contribution in [0.15, 0.2) is 54.6 Å².